The van der Waals surface area contributed by atoms with E-state index in [1.165, 1.54) is 0 Å². The Balaban J connectivity index is 1.53. The predicted octanol–water partition coefficient (Wildman–Crippen LogP) is 3.12. The summed E-state index contributed by atoms with van der Waals surface area (Å²) in [4.78, 5) is 24.7. The summed E-state index contributed by atoms with van der Waals surface area (Å²) in [6.07, 6.45) is -0.269. The summed E-state index contributed by atoms with van der Waals surface area (Å²) in [6.45, 7) is 5.78. The van der Waals surface area contributed by atoms with Crippen LogP contribution < -0.4 is 20.3 Å². The van der Waals surface area contributed by atoms with Crippen LogP contribution in [0.3, 0.4) is 0 Å². The van der Waals surface area contributed by atoms with Gasteiger partial charge in [-0.2, -0.15) is 0 Å². The minimum absolute atomic E-state index is 0.241. The third-order valence-corrected chi connectivity index (χ3v) is 5.07. The number of hydrazine groups is 1. The van der Waals surface area contributed by atoms with Crippen molar-refractivity contribution in [3.63, 3.8) is 0 Å². The lowest BCUT2D eigenvalue weighted by molar-refractivity contribution is -0.135. The van der Waals surface area contributed by atoms with Crippen molar-refractivity contribution in [2.75, 3.05) is 6.61 Å². The lowest BCUT2D eigenvalue weighted by Crippen LogP contribution is -2.50. The van der Waals surface area contributed by atoms with Crippen LogP contribution >= 0.6 is 11.6 Å². The minimum atomic E-state index is -0.761. The molecule has 1 aliphatic rings. The molecule has 6 nitrogen and oxygen atoms in total. The van der Waals surface area contributed by atoms with Gasteiger partial charge < -0.3 is 9.47 Å². The highest BCUT2D eigenvalue weighted by Crippen LogP contribution is 2.29. The number of fused-ring (bicyclic) bond motifs is 1. The maximum absolute atomic E-state index is 12.4. The average molecular weight is 403 g/mol. The first-order chi connectivity index (χ1) is 13.3. The van der Waals surface area contributed by atoms with Gasteiger partial charge in [0.15, 0.2) is 6.10 Å². The van der Waals surface area contributed by atoms with Crippen LogP contribution in [0.15, 0.2) is 36.4 Å². The molecular formula is C21H23ClN2O4. The molecule has 0 aliphatic carbocycles. The van der Waals surface area contributed by atoms with Crippen molar-refractivity contribution in [3.05, 3.63) is 58.1 Å². The third-order valence-electron chi connectivity index (χ3n) is 4.84. The molecule has 3 rings (SSSR count). The van der Waals surface area contributed by atoms with Crippen LogP contribution in [0.25, 0.3) is 0 Å². The molecule has 0 spiro atoms. The number of hydrogen-bond donors (Lipinski definition) is 2. The number of benzene rings is 2. The summed E-state index contributed by atoms with van der Waals surface area (Å²) < 4.78 is 11.3. The summed E-state index contributed by atoms with van der Waals surface area (Å²) >= 11 is 6.00. The van der Waals surface area contributed by atoms with Crippen molar-refractivity contribution in [1.82, 2.24) is 10.9 Å². The maximum atomic E-state index is 12.4. The van der Waals surface area contributed by atoms with Gasteiger partial charge in [0, 0.05) is 5.02 Å². The smallest absolute Gasteiger partial charge is 0.279 e. The van der Waals surface area contributed by atoms with E-state index in [-0.39, 0.29) is 12.5 Å². The standard InChI is InChI=1S/C21H23ClN2O4/c1-12-5-4-6-18(13(12)2)28-14(3)20(25)23-24-21(26)16-9-15-10-17(22)7-8-19(15)27-11-16/h4-8,10,14,16H,9,11H2,1-3H3,(H,23,25)(H,24,26)/t14-,16+/m0/s1. The number of ether oxygens (including phenoxy) is 2. The van der Waals surface area contributed by atoms with Crippen LogP contribution in [-0.2, 0) is 16.0 Å². The van der Waals surface area contributed by atoms with E-state index in [9.17, 15) is 9.59 Å². The van der Waals surface area contributed by atoms with Crippen LogP contribution in [0.5, 0.6) is 11.5 Å². The van der Waals surface area contributed by atoms with Gasteiger partial charge in [-0.05, 0) is 68.1 Å². The van der Waals surface area contributed by atoms with Crippen LogP contribution in [0.4, 0.5) is 0 Å². The second kappa shape index (κ2) is 8.52. The van der Waals surface area contributed by atoms with Crippen molar-refractivity contribution >= 4 is 23.4 Å². The summed E-state index contributed by atoms with van der Waals surface area (Å²) in [7, 11) is 0. The Morgan fingerprint density at radius 3 is 2.79 bits per heavy atom. The molecule has 0 unspecified atom stereocenters. The molecule has 0 bridgehead atoms. The lowest BCUT2D eigenvalue weighted by atomic mass is 9.96. The molecule has 0 fully saturated rings. The van der Waals surface area contributed by atoms with Gasteiger partial charge in [-0.25, -0.2) is 0 Å². The van der Waals surface area contributed by atoms with Gasteiger partial charge in [0.2, 0.25) is 5.91 Å². The highest BCUT2D eigenvalue weighted by molar-refractivity contribution is 6.30. The minimum Gasteiger partial charge on any atom is -0.492 e. The number of rotatable bonds is 4. The van der Waals surface area contributed by atoms with Gasteiger partial charge >= 0.3 is 0 Å². The van der Waals surface area contributed by atoms with Gasteiger partial charge in [0.05, 0.1) is 5.92 Å². The van der Waals surface area contributed by atoms with Gasteiger partial charge in [0.25, 0.3) is 5.91 Å². The molecule has 7 heteroatoms. The Hall–Kier alpha value is -2.73. The molecule has 28 heavy (non-hydrogen) atoms. The summed E-state index contributed by atoms with van der Waals surface area (Å²) in [5, 5.41) is 0.592. The molecule has 2 amide bonds. The first kappa shape index (κ1) is 20.0. The second-order valence-corrected chi connectivity index (χ2v) is 7.34. The van der Waals surface area contributed by atoms with Crippen LogP contribution in [-0.4, -0.2) is 24.5 Å². The molecule has 1 heterocycles. The van der Waals surface area contributed by atoms with E-state index in [1.807, 2.05) is 32.0 Å². The molecular weight excluding hydrogens is 380 g/mol. The Bertz CT molecular complexity index is 900. The van der Waals surface area contributed by atoms with Gasteiger partial charge in [-0.15, -0.1) is 0 Å². The molecule has 0 radical (unpaired) electrons. The fourth-order valence-corrected chi connectivity index (χ4v) is 3.15. The molecule has 2 aromatic rings. The number of amides is 2. The van der Waals surface area contributed by atoms with E-state index < -0.39 is 17.9 Å². The molecule has 1 aliphatic heterocycles. The first-order valence-corrected chi connectivity index (χ1v) is 9.46. The molecule has 0 aromatic heterocycles. The summed E-state index contributed by atoms with van der Waals surface area (Å²) in [5.74, 6) is 0.199. The number of carbonyl (C=O) groups excluding carboxylic acids is 2. The van der Waals surface area contributed by atoms with E-state index in [4.69, 9.17) is 21.1 Å². The Morgan fingerprint density at radius 2 is 2.00 bits per heavy atom. The van der Waals surface area contributed by atoms with Crippen molar-refractivity contribution in [2.24, 2.45) is 5.92 Å². The number of hydrogen-bond acceptors (Lipinski definition) is 4. The van der Waals surface area contributed by atoms with Gasteiger partial charge in [-0.1, -0.05) is 23.7 Å². The summed E-state index contributed by atoms with van der Waals surface area (Å²) in [5.41, 5.74) is 7.81. The van der Waals surface area contributed by atoms with Crippen LogP contribution in [0.2, 0.25) is 5.02 Å². The van der Waals surface area contributed by atoms with E-state index in [0.29, 0.717) is 17.2 Å². The van der Waals surface area contributed by atoms with E-state index in [2.05, 4.69) is 10.9 Å². The fraction of sp³-hybridized carbons (Fsp3) is 0.333. The third kappa shape index (κ3) is 4.57. The predicted molar refractivity (Wildman–Crippen MR) is 106 cm³/mol. The molecule has 2 atom stereocenters. The molecule has 0 saturated heterocycles. The van der Waals surface area contributed by atoms with Crippen molar-refractivity contribution in [1.29, 1.82) is 0 Å². The monoisotopic (exact) mass is 402 g/mol. The van der Waals surface area contributed by atoms with E-state index >= 15 is 0 Å². The Labute approximate surface area is 169 Å². The fourth-order valence-electron chi connectivity index (χ4n) is 2.95. The van der Waals surface area contributed by atoms with E-state index in [1.54, 1.807) is 25.1 Å². The maximum Gasteiger partial charge on any atom is 0.279 e. The Kier molecular flexibility index (Phi) is 6.09. The summed E-state index contributed by atoms with van der Waals surface area (Å²) in [6, 6.07) is 11.0. The zero-order chi connectivity index (χ0) is 20.3. The zero-order valence-electron chi connectivity index (χ0n) is 16.0. The zero-order valence-corrected chi connectivity index (χ0v) is 16.8. The average Bonchev–Trinajstić information content (AvgIpc) is 2.68. The quantitative estimate of drug-likeness (QED) is 0.770. The molecule has 148 valence electrons. The largest absolute Gasteiger partial charge is 0.492 e. The van der Waals surface area contributed by atoms with E-state index in [0.717, 1.165) is 22.4 Å². The Morgan fingerprint density at radius 1 is 1.21 bits per heavy atom. The normalized spacial score (nSPS) is 16.4. The number of halogens is 1. The molecule has 0 saturated carbocycles. The number of aryl methyl sites for hydroxylation is 1. The highest BCUT2D eigenvalue weighted by atomic mass is 35.5. The lowest BCUT2D eigenvalue weighted by Gasteiger charge is -2.25. The number of nitrogens with one attached hydrogen (secondary N) is 2. The van der Waals surface area contributed by atoms with Crippen molar-refractivity contribution < 1.29 is 19.1 Å². The molecule has 2 aromatic carbocycles. The topological polar surface area (TPSA) is 76.7 Å². The highest BCUT2D eigenvalue weighted by Gasteiger charge is 2.27. The van der Waals surface area contributed by atoms with Crippen LogP contribution in [0.1, 0.15) is 23.6 Å². The second-order valence-electron chi connectivity index (χ2n) is 6.90. The van der Waals surface area contributed by atoms with Crippen LogP contribution in [0, 0.1) is 19.8 Å². The number of carbonyl (C=O) groups is 2. The van der Waals surface area contributed by atoms with Gasteiger partial charge in [-0.3, -0.25) is 20.4 Å². The van der Waals surface area contributed by atoms with Crippen molar-refractivity contribution in [2.45, 2.75) is 33.3 Å². The SMILES string of the molecule is Cc1cccc(O[C@@H](C)C(=O)NNC(=O)[C@H]2COc3ccc(Cl)cc3C2)c1C. The van der Waals surface area contributed by atoms with Gasteiger partial charge in [0.1, 0.15) is 18.1 Å². The van der Waals surface area contributed by atoms with Crippen molar-refractivity contribution in [3.8, 4) is 11.5 Å². The first-order valence-electron chi connectivity index (χ1n) is 9.09. The molecule has 2 N–H and O–H groups in total.